The Morgan fingerprint density at radius 1 is 1.09 bits per heavy atom. The van der Waals surface area contributed by atoms with Gasteiger partial charge < -0.3 is 4.90 Å². The van der Waals surface area contributed by atoms with Crippen molar-refractivity contribution in [2.24, 2.45) is 5.92 Å². The molecule has 4 rings (SSSR count). The Morgan fingerprint density at radius 3 is 2.70 bits per heavy atom. The highest BCUT2D eigenvalue weighted by molar-refractivity contribution is 7.10. The predicted molar refractivity (Wildman–Crippen MR) is 94.7 cm³/mol. The summed E-state index contributed by atoms with van der Waals surface area (Å²) in [6.07, 6.45) is 9.81. The van der Waals surface area contributed by atoms with Crippen molar-refractivity contribution in [3.8, 4) is 0 Å². The van der Waals surface area contributed by atoms with E-state index in [1.807, 2.05) is 0 Å². The molecule has 1 aromatic heterocycles. The number of nitrogens with zero attached hydrogens (tertiary/aromatic N) is 2. The van der Waals surface area contributed by atoms with Crippen molar-refractivity contribution >= 4 is 17.2 Å². The molecule has 1 aromatic rings. The van der Waals surface area contributed by atoms with Crippen LogP contribution in [0.5, 0.6) is 0 Å². The summed E-state index contributed by atoms with van der Waals surface area (Å²) in [6, 6.07) is 5.27. The molecule has 1 aliphatic carbocycles. The second-order valence-electron chi connectivity index (χ2n) is 7.48. The number of hydrogen-bond acceptors (Lipinski definition) is 3. The van der Waals surface area contributed by atoms with Gasteiger partial charge in [0.25, 0.3) is 0 Å². The zero-order valence-corrected chi connectivity index (χ0v) is 14.8. The Kier molecular flexibility index (Phi) is 4.72. The van der Waals surface area contributed by atoms with Crippen molar-refractivity contribution in [3.05, 3.63) is 22.4 Å². The van der Waals surface area contributed by atoms with Gasteiger partial charge in [-0.25, -0.2) is 0 Å². The molecule has 0 radical (unpaired) electrons. The fourth-order valence-corrected chi connectivity index (χ4v) is 5.82. The number of carbonyl (C=O) groups excluding carboxylic acids is 1. The first-order valence-corrected chi connectivity index (χ1v) is 10.3. The van der Waals surface area contributed by atoms with Gasteiger partial charge in [-0.2, -0.15) is 0 Å². The van der Waals surface area contributed by atoms with Crippen LogP contribution in [0.4, 0.5) is 0 Å². The van der Waals surface area contributed by atoms with Crippen LogP contribution in [0.25, 0.3) is 0 Å². The normalized spacial score (nSPS) is 32.0. The van der Waals surface area contributed by atoms with Crippen molar-refractivity contribution in [3.63, 3.8) is 0 Å². The molecule has 3 aliphatic rings. The number of fused-ring (bicyclic) bond motifs is 1. The van der Waals surface area contributed by atoms with E-state index in [0.717, 1.165) is 12.5 Å². The lowest BCUT2D eigenvalue weighted by Crippen LogP contribution is -2.60. The summed E-state index contributed by atoms with van der Waals surface area (Å²) in [4.78, 5) is 19.2. The molecule has 0 bridgehead atoms. The van der Waals surface area contributed by atoms with Gasteiger partial charge >= 0.3 is 0 Å². The van der Waals surface area contributed by atoms with E-state index >= 15 is 0 Å². The van der Waals surface area contributed by atoms with Gasteiger partial charge in [0, 0.05) is 17.5 Å². The Hall–Kier alpha value is -0.870. The number of rotatable bonds is 3. The maximum atomic E-state index is 13.0. The van der Waals surface area contributed by atoms with E-state index in [0.29, 0.717) is 24.4 Å². The third kappa shape index (κ3) is 3.20. The van der Waals surface area contributed by atoms with Gasteiger partial charge in [-0.1, -0.05) is 12.5 Å². The molecular weight excluding hydrogens is 304 g/mol. The summed E-state index contributed by atoms with van der Waals surface area (Å²) in [5, 5.41) is 2.08. The zero-order valence-electron chi connectivity index (χ0n) is 14.0. The summed E-state index contributed by atoms with van der Waals surface area (Å²) >= 11 is 1.71. The van der Waals surface area contributed by atoms with E-state index in [1.54, 1.807) is 11.3 Å². The Labute approximate surface area is 143 Å². The van der Waals surface area contributed by atoms with Crippen LogP contribution in [0.2, 0.25) is 0 Å². The maximum absolute atomic E-state index is 13.0. The predicted octanol–water partition coefficient (Wildman–Crippen LogP) is 3.55. The fourth-order valence-electron chi connectivity index (χ4n) is 5.12. The minimum Gasteiger partial charge on any atom is -0.338 e. The smallest absolute Gasteiger partial charge is 0.228 e. The van der Waals surface area contributed by atoms with E-state index in [-0.39, 0.29) is 0 Å². The maximum Gasteiger partial charge on any atom is 0.228 e. The first kappa shape index (κ1) is 15.6. The van der Waals surface area contributed by atoms with Crippen LogP contribution < -0.4 is 0 Å². The Morgan fingerprint density at radius 2 is 1.91 bits per heavy atom. The van der Waals surface area contributed by atoms with Crippen molar-refractivity contribution in [2.45, 2.75) is 63.5 Å². The van der Waals surface area contributed by atoms with Crippen LogP contribution in [0.3, 0.4) is 0 Å². The van der Waals surface area contributed by atoms with E-state index in [2.05, 4.69) is 27.3 Å². The fraction of sp³-hybridized carbons (Fsp3) is 0.737. The molecule has 4 heteroatoms. The summed E-state index contributed by atoms with van der Waals surface area (Å²) in [5.41, 5.74) is 0. The van der Waals surface area contributed by atoms with Crippen molar-refractivity contribution in [1.29, 1.82) is 0 Å². The van der Waals surface area contributed by atoms with Gasteiger partial charge in [-0.05, 0) is 69.0 Å². The van der Waals surface area contributed by atoms with Crippen LogP contribution in [-0.2, 0) is 11.2 Å². The topological polar surface area (TPSA) is 23.6 Å². The number of carbonyl (C=O) groups is 1. The van der Waals surface area contributed by atoms with Crippen molar-refractivity contribution < 1.29 is 4.79 Å². The average molecular weight is 333 g/mol. The van der Waals surface area contributed by atoms with Crippen LogP contribution >= 0.6 is 11.3 Å². The van der Waals surface area contributed by atoms with Gasteiger partial charge in [0.15, 0.2) is 0 Å². The van der Waals surface area contributed by atoms with Crippen molar-refractivity contribution in [1.82, 2.24) is 9.80 Å². The molecule has 3 fully saturated rings. The van der Waals surface area contributed by atoms with Gasteiger partial charge in [0.05, 0.1) is 12.5 Å². The van der Waals surface area contributed by atoms with E-state index in [4.69, 9.17) is 0 Å². The largest absolute Gasteiger partial charge is 0.338 e. The number of hydrogen-bond donors (Lipinski definition) is 0. The van der Waals surface area contributed by atoms with Crippen LogP contribution in [0, 0.1) is 5.92 Å². The van der Waals surface area contributed by atoms with E-state index in [1.165, 1.54) is 62.9 Å². The van der Waals surface area contributed by atoms with Gasteiger partial charge in [0.2, 0.25) is 5.91 Å². The Bertz CT molecular complexity index is 521. The van der Waals surface area contributed by atoms with Crippen LogP contribution in [0.1, 0.15) is 49.8 Å². The minimum absolute atomic E-state index is 0.369. The first-order chi connectivity index (χ1) is 11.3. The third-order valence-electron chi connectivity index (χ3n) is 6.12. The molecule has 3 atom stereocenters. The molecule has 3 heterocycles. The second-order valence-corrected chi connectivity index (χ2v) is 8.51. The lowest BCUT2D eigenvalue weighted by Gasteiger charge is -2.51. The molecular formula is C19H28N2OS. The lowest BCUT2D eigenvalue weighted by molar-refractivity contribution is -0.139. The SMILES string of the molecule is O=C(Cc1cccs1)N1CCCC2CCCC(N3CCCC3)C21. The molecule has 0 N–H and O–H groups in total. The summed E-state index contributed by atoms with van der Waals surface area (Å²) < 4.78 is 0. The monoisotopic (exact) mass is 332 g/mol. The molecule has 23 heavy (non-hydrogen) atoms. The molecule has 1 saturated carbocycles. The molecule has 2 saturated heterocycles. The van der Waals surface area contributed by atoms with Crippen molar-refractivity contribution in [2.75, 3.05) is 19.6 Å². The highest BCUT2D eigenvalue weighted by atomic mass is 32.1. The number of likely N-dealkylation sites (tertiary alicyclic amines) is 2. The van der Waals surface area contributed by atoms with Gasteiger partial charge in [0.1, 0.15) is 0 Å². The second kappa shape index (κ2) is 6.94. The first-order valence-electron chi connectivity index (χ1n) is 9.39. The third-order valence-corrected chi connectivity index (χ3v) is 7.00. The molecule has 126 valence electrons. The average Bonchev–Trinajstić information content (AvgIpc) is 3.27. The molecule has 0 spiro atoms. The van der Waals surface area contributed by atoms with Gasteiger partial charge in [-0.3, -0.25) is 9.69 Å². The summed E-state index contributed by atoms with van der Waals surface area (Å²) in [6.45, 7) is 3.48. The number of piperidine rings is 1. The Balaban J connectivity index is 1.53. The van der Waals surface area contributed by atoms with Crippen LogP contribution in [0.15, 0.2) is 17.5 Å². The molecule has 3 nitrogen and oxygen atoms in total. The zero-order chi connectivity index (χ0) is 15.6. The molecule has 1 amide bonds. The highest BCUT2D eigenvalue weighted by Gasteiger charge is 2.43. The van der Waals surface area contributed by atoms with Crippen LogP contribution in [-0.4, -0.2) is 47.4 Å². The van der Waals surface area contributed by atoms with E-state index in [9.17, 15) is 4.79 Å². The number of thiophene rings is 1. The molecule has 2 aliphatic heterocycles. The molecule has 0 aromatic carbocycles. The van der Waals surface area contributed by atoms with E-state index < -0.39 is 0 Å². The highest BCUT2D eigenvalue weighted by Crippen LogP contribution is 2.39. The summed E-state index contributed by atoms with van der Waals surface area (Å²) in [7, 11) is 0. The summed E-state index contributed by atoms with van der Waals surface area (Å²) in [5.74, 6) is 1.11. The lowest BCUT2D eigenvalue weighted by atomic mass is 9.74. The standard InChI is InChI=1S/C19H28N2OS/c22-18(14-16-8-5-13-23-16)21-12-4-7-15-6-3-9-17(19(15)21)20-10-1-2-11-20/h5,8,13,15,17,19H,1-4,6-7,9-12,14H2. The van der Waals surface area contributed by atoms with Gasteiger partial charge in [-0.15, -0.1) is 11.3 Å². The quantitative estimate of drug-likeness (QED) is 0.845. The minimum atomic E-state index is 0.369. The number of amides is 1. The molecule has 3 unspecified atom stereocenters.